The van der Waals surface area contributed by atoms with Gasteiger partial charge in [0.1, 0.15) is 5.02 Å². The highest BCUT2D eigenvalue weighted by Crippen LogP contribution is 2.31. The summed E-state index contributed by atoms with van der Waals surface area (Å²) in [6.07, 6.45) is 4.23. The third-order valence-corrected chi connectivity index (χ3v) is 4.17. The Labute approximate surface area is 122 Å². The van der Waals surface area contributed by atoms with Crippen molar-refractivity contribution < 1.29 is 9.72 Å². The van der Waals surface area contributed by atoms with Crippen molar-refractivity contribution in [3.05, 3.63) is 38.9 Å². The molecular weight excluding hydrogens is 280 g/mol. The minimum absolute atomic E-state index is 0.0704. The number of hydrogen-bond donors (Lipinski definition) is 0. The monoisotopic (exact) mass is 296 g/mol. The minimum Gasteiger partial charge on any atom is -0.336 e. The molecule has 0 aliphatic heterocycles. The van der Waals surface area contributed by atoms with Crippen LogP contribution in [0.25, 0.3) is 0 Å². The molecule has 20 heavy (non-hydrogen) atoms. The van der Waals surface area contributed by atoms with Gasteiger partial charge >= 0.3 is 0 Å². The van der Waals surface area contributed by atoms with E-state index < -0.39 is 4.92 Å². The third-order valence-electron chi connectivity index (χ3n) is 3.77. The summed E-state index contributed by atoms with van der Waals surface area (Å²) in [5, 5.41) is 10.8. The van der Waals surface area contributed by atoms with E-state index in [0.717, 1.165) is 25.7 Å². The fourth-order valence-corrected chi connectivity index (χ4v) is 3.04. The molecule has 6 heteroatoms. The Kier molecular flexibility index (Phi) is 4.60. The van der Waals surface area contributed by atoms with Gasteiger partial charge in [-0.2, -0.15) is 0 Å². The first-order valence-electron chi connectivity index (χ1n) is 6.80. The van der Waals surface area contributed by atoms with E-state index in [9.17, 15) is 14.9 Å². The number of carbonyl (C=O) groups excluding carboxylic acids is 1. The zero-order chi connectivity index (χ0) is 14.7. The Morgan fingerprint density at radius 2 is 2.10 bits per heavy atom. The number of nitro groups is 1. The first-order valence-corrected chi connectivity index (χ1v) is 7.18. The van der Waals surface area contributed by atoms with Crippen LogP contribution in [-0.4, -0.2) is 28.3 Å². The van der Waals surface area contributed by atoms with Crippen molar-refractivity contribution in [2.24, 2.45) is 0 Å². The second-order valence-corrected chi connectivity index (χ2v) is 5.30. The topological polar surface area (TPSA) is 63.5 Å². The number of rotatable bonds is 4. The van der Waals surface area contributed by atoms with Crippen LogP contribution in [0.4, 0.5) is 5.69 Å². The van der Waals surface area contributed by atoms with Gasteiger partial charge in [-0.3, -0.25) is 14.9 Å². The highest BCUT2D eigenvalue weighted by molar-refractivity contribution is 6.35. The number of amides is 1. The summed E-state index contributed by atoms with van der Waals surface area (Å²) in [4.78, 5) is 24.7. The van der Waals surface area contributed by atoms with Crippen LogP contribution >= 0.6 is 11.6 Å². The molecule has 1 aromatic rings. The lowest BCUT2D eigenvalue weighted by Crippen LogP contribution is -2.38. The maximum absolute atomic E-state index is 12.6. The first-order chi connectivity index (χ1) is 9.56. The van der Waals surface area contributed by atoms with Crippen LogP contribution < -0.4 is 0 Å². The van der Waals surface area contributed by atoms with Crippen LogP contribution in [0.5, 0.6) is 0 Å². The summed E-state index contributed by atoms with van der Waals surface area (Å²) in [7, 11) is 0. The quantitative estimate of drug-likeness (QED) is 0.629. The predicted octanol–water partition coefficient (Wildman–Crippen LogP) is 3.65. The van der Waals surface area contributed by atoms with Crippen LogP contribution in [0, 0.1) is 10.1 Å². The van der Waals surface area contributed by atoms with Gasteiger partial charge in [0.2, 0.25) is 0 Å². The standard InChI is InChI=1S/C14H17ClN2O3/c1-2-16(10-6-3-4-7-10)14(18)11-8-5-9-12(13(11)15)17(19)20/h5,8-10H,2-4,6-7H2,1H3. The molecule has 0 unspecified atom stereocenters. The predicted molar refractivity (Wildman–Crippen MR) is 77.1 cm³/mol. The average molecular weight is 297 g/mol. The van der Waals surface area contributed by atoms with Gasteiger partial charge in [0.25, 0.3) is 11.6 Å². The Bertz CT molecular complexity index is 527. The number of nitrogens with zero attached hydrogens (tertiary/aromatic N) is 2. The average Bonchev–Trinajstić information content (AvgIpc) is 2.93. The summed E-state index contributed by atoms with van der Waals surface area (Å²) >= 11 is 6.02. The van der Waals surface area contributed by atoms with E-state index in [2.05, 4.69) is 0 Å². The number of benzene rings is 1. The second-order valence-electron chi connectivity index (χ2n) is 4.93. The van der Waals surface area contributed by atoms with E-state index in [1.807, 2.05) is 6.92 Å². The SMILES string of the molecule is CCN(C(=O)c1cccc([N+](=O)[O-])c1Cl)C1CCCC1. The molecule has 1 saturated carbocycles. The Balaban J connectivity index is 2.32. The number of nitro benzene ring substituents is 1. The molecule has 0 spiro atoms. The third kappa shape index (κ3) is 2.77. The van der Waals surface area contributed by atoms with E-state index in [-0.39, 0.29) is 28.2 Å². The fourth-order valence-electron chi connectivity index (χ4n) is 2.76. The van der Waals surface area contributed by atoms with Gasteiger partial charge < -0.3 is 4.90 Å². The van der Waals surface area contributed by atoms with Crippen LogP contribution in [0.1, 0.15) is 43.0 Å². The first kappa shape index (κ1) is 14.8. The van der Waals surface area contributed by atoms with Gasteiger partial charge in [0.05, 0.1) is 10.5 Å². The Morgan fingerprint density at radius 1 is 1.45 bits per heavy atom. The fraction of sp³-hybridized carbons (Fsp3) is 0.500. The molecule has 0 saturated heterocycles. The van der Waals surface area contributed by atoms with Crippen molar-refractivity contribution >= 4 is 23.2 Å². The largest absolute Gasteiger partial charge is 0.336 e. The lowest BCUT2D eigenvalue weighted by molar-refractivity contribution is -0.384. The molecule has 1 aliphatic rings. The molecule has 0 N–H and O–H groups in total. The van der Waals surface area contributed by atoms with E-state index in [1.165, 1.54) is 12.1 Å². The van der Waals surface area contributed by atoms with Gasteiger partial charge in [-0.05, 0) is 25.8 Å². The summed E-state index contributed by atoms with van der Waals surface area (Å²) < 4.78 is 0. The maximum atomic E-state index is 12.6. The smallest absolute Gasteiger partial charge is 0.288 e. The molecule has 1 fully saturated rings. The van der Waals surface area contributed by atoms with Crippen LogP contribution in [-0.2, 0) is 0 Å². The summed E-state index contributed by atoms with van der Waals surface area (Å²) in [6, 6.07) is 4.59. The molecule has 108 valence electrons. The number of carbonyl (C=O) groups is 1. The Hall–Kier alpha value is -1.62. The number of halogens is 1. The highest BCUT2D eigenvalue weighted by Gasteiger charge is 2.29. The summed E-state index contributed by atoms with van der Waals surface area (Å²) in [5.41, 5.74) is -0.00499. The van der Waals surface area contributed by atoms with Crippen molar-refractivity contribution in [2.75, 3.05) is 6.54 Å². The van der Waals surface area contributed by atoms with E-state index in [1.54, 1.807) is 11.0 Å². The van der Waals surface area contributed by atoms with Gasteiger partial charge in [-0.25, -0.2) is 0 Å². The molecule has 0 heterocycles. The molecule has 5 nitrogen and oxygen atoms in total. The number of hydrogen-bond acceptors (Lipinski definition) is 3. The van der Waals surface area contributed by atoms with Crippen LogP contribution in [0.2, 0.25) is 5.02 Å². The maximum Gasteiger partial charge on any atom is 0.288 e. The molecule has 1 aromatic carbocycles. The normalized spacial score (nSPS) is 15.3. The van der Waals surface area contributed by atoms with E-state index in [4.69, 9.17) is 11.6 Å². The molecule has 0 bridgehead atoms. The molecule has 2 rings (SSSR count). The minimum atomic E-state index is -0.565. The lowest BCUT2D eigenvalue weighted by Gasteiger charge is -2.28. The van der Waals surface area contributed by atoms with Gasteiger partial charge in [0, 0.05) is 18.7 Å². The molecule has 1 amide bonds. The molecule has 0 aromatic heterocycles. The van der Waals surface area contributed by atoms with Crippen molar-refractivity contribution in [1.29, 1.82) is 0 Å². The molecule has 1 aliphatic carbocycles. The van der Waals surface area contributed by atoms with E-state index >= 15 is 0 Å². The van der Waals surface area contributed by atoms with E-state index in [0.29, 0.717) is 6.54 Å². The second kappa shape index (κ2) is 6.22. The lowest BCUT2D eigenvalue weighted by atomic mass is 10.1. The zero-order valence-electron chi connectivity index (χ0n) is 11.3. The van der Waals surface area contributed by atoms with Crippen LogP contribution in [0.3, 0.4) is 0 Å². The molecule has 0 radical (unpaired) electrons. The Morgan fingerprint density at radius 3 is 2.65 bits per heavy atom. The van der Waals surface area contributed by atoms with Crippen molar-refractivity contribution in [3.63, 3.8) is 0 Å². The van der Waals surface area contributed by atoms with Gasteiger partial charge in [-0.1, -0.05) is 30.5 Å². The highest BCUT2D eigenvalue weighted by atomic mass is 35.5. The summed E-state index contributed by atoms with van der Waals surface area (Å²) in [5.74, 6) is -0.215. The van der Waals surface area contributed by atoms with Gasteiger partial charge in [-0.15, -0.1) is 0 Å². The summed E-state index contributed by atoms with van der Waals surface area (Å²) in [6.45, 7) is 2.50. The molecular formula is C14H17ClN2O3. The van der Waals surface area contributed by atoms with Crippen molar-refractivity contribution in [2.45, 2.75) is 38.6 Å². The molecule has 0 atom stereocenters. The van der Waals surface area contributed by atoms with Crippen LogP contribution in [0.15, 0.2) is 18.2 Å². The van der Waals surface area contributed by atoms with Crippen molar-refractivity contribution in [3.8, 4) is 0 Å². The zero-order valence-corrected chi connectivity index (χ0v) is 12.1. The van der Waals surface area contributed by atoms with Crippen molar-refractivity contribution in [1.82, 2.24) is 4.90 Å². The van der Waals surface area contributed by atoms with Gasteiger partial charge in [0.15, 0.2) is 0 Å².